The van der Waals surface area contributed by atoms with Crippen molar-refractivity contribution in [3.05, 3.63) is 64.7 Å². The van der Waals surface area contributed by atoms with E-state index in [4.69, 9.17) is 11.3 Å². The van der Waals surface area contributed by atoms with E-state index in [1.807, 2.05) is 12.3 Å². The van der Waals surface area contributed by atoms with E-state index in [1.54, 1.807) is 18.2 Å². The second-order valence-electron chi connectivity index (χ2n) is 4.99. The van der Waals surface area contributed by atoms with Gasteiger partial charge in [-0.15, -0.1) is 0 Å². The second-order valence-corrected chi connectivity index (χ2v) is 4.99. The van der Waals surface area contributed by atoms with E-state index in [0.29, 0.717) is 11.3 Å². The van der Waals surface area contributed by atoms with Crippen LogP contribution in [0.5, 0.6) is 0 Å². The first-order valence-electron chi connectivity index (χ1n) is 6.80. The molecular formula is C16H16F2N4O. The van der Waals surface area contributed by atoms with Gasteiger partial charge in [-0.3, -0.25) is 15.6 Å². The van der Waals surface area contributed by atoms with Crippen LogP contribution < -0.4 is 16.6 Å². The van der Waals surface area contributed by atoms with Gasteiger partial charge in [0, 0.05) is 29.4 Å². The van der Waals surface area contributed by atoms with Crippen molar-refractivity contribution >= 4 is 17.3 Å². The SMILES string of the molecule is Cc1ccc(C(=N)C(=O)NN)c(NCc2ccc(F)cc2F)c1. The Labute approximate surface area is 132 Å². The van der Waals surface area contributed by atoms with Crippen LogP contribution in [0.4, 0.5) is 14.5 Å². The number of amides is 1. The normalized spacial score (nSPS) is 10.3. The largest absolute Gasteiger partial charge is 0.380 e. The number of rotatable bonds is 5. The van der Waals surface area contributed by atoms with Crippen molar-refractivity contribution in [3.8, 4) is 0 Å². The number of carbonyl (C=O) groups excluding carboxylic acids is 1. The summed E-state index contributed by atoms with van der Waals surface area (Å²) in [4.78, 5) is 11.5. The van der Waals surface area contributed by atoms with Gasteiger partial charge in [-0.05, 0) is 24.6 Å². The molecule has 0 aromatic heterocycles. The first-order valence-corrected chi connectivity index (χ1v) is 6.80. The maximum absolute atomic E-state index is 13.7. The van der Waals surface area contributed by atoms with E-state index >= 15 is 0 Å². The molecule has 1 amide bonds. The molecule has 0 aliphatic carbocycles. The lowest BCUT2D eigenvalue weighted by molar-refractivity contribution is -0.114. The Morgan fingerprint density at radius 2 is 1.96 bits per heavy atom. The lowest BCUT2D eigenvalue weighted by Crippen LogP contribution is -2.36. The van der Waals surface area contributed by atoms with Gasteiger partial charge in [0.2, 0.25) is 0 Å². The molecule has 2 aromatic rings. The summed E-state index contributed by atoms with van der Waals surface area (Å²) in [6.07, 6.45) is 0. The van der Waals surface area contributed by atoms with Crippen LogP contribution in [0.2, 0.25) is 0 Å². The van der Waals surface area contributed by atoms with Gasteiger partial charge in [-0.1, -0.05) is 18.2 Å². The van der Waals surface area contributed by atoms with E-state index in [1.165, 1.54) is 12.1 Å². The van der Waals surface area contributed by atoms with Gasteiger partial charge >= 0.3 is 0 Å². The molecule has 0 heterocycles. The van der Waals surface area contributed by atoms with Gasteiger partial charge in [0.15, 0.2) is 0 Å². The molecule has 5 nitrogen and oxygen atoms in total. The zero-order valence-electron chi connectivity index (χ0n) is 12.4. The number of benzene rings is 2. The molecule has 0 aliphatic heterocycles. The first-order chi connectivity index (χ1) is 10.9. The summed E-state index contributed by atoms with van der Waals surface area (Å²) in [5, 5.41) is 10.8. The van der Waals surface area contributed by atoms with Gasteiger partial charge < -0.3 is 5.32 Å². The Hall–Kier alpha value is -2.80. The molecule has 0 bridgehead atoms. The van der Waals surface area contributed by atoms with E-state index in [2.05, 4.69) is 5.32 Å². The summed E-state index contributed by atoms with van der Waals surface area (Å²) < 4.78 is 26.6. The van der Waals surface area contributed by atoms with Crippen molar-refractivity contribution in [1.82, 2.24) is 5.43 Å². The van der Waals surface area contributed by atoms with Crippen molar-refractivity contribution in [3.63, 3.8) is 0 Å². The zero-order valence-corrected chi connectivity index (χ0v) is 12.4. The smallest absolute Gasteiger partial charge is 0.283 e. The minimum Gasteiger partial charge on any atom is -0.380 e. The summed E-state index contributed by atoms with van der Waals surface area (Å²) in [6, 6.07) is 8.40. The minimum absolute atomic E-state index is 0.0834. The third-order valence-corrected chi connectivity index (χ3v) is 3.29. The molecule has 0 spiro atoms. The number of halogens is 2. The van der Waals surface area contributed by atoms with E-state index in [0.717, 1.165) is 11.6 Å². The Kier molecular flexibility index (Phi) is 5.02. The van der Waals surface area contributed by atoms with Crippen LogP contribution in [0.3, 0.4) is 0 Å². The van der Waals surface area contributed by atoms with Gasteiger partial charge in [0.1, 0.15) is 17.3 Å². The van der Waals surface area contributed by atoms with E-state index in [9.17, 15) is 13.6 Å². The number of nitrogens with one attached hydrogen (secondary N) is 3. The number of hydrogen-bond acceptors (Lipinski definition) is 4. The number of hydrazine groups is 1. The van der Waals surface area contributed by atoms with Crippen LogP contribution in [-0.2, 0) is 11.3 Å². The average Bonchev–Trinajstić information content (AvgIpc) is 2.52. The molecule has 2 rings (SSSR count). The van der Waals surface area contributed by atoms with Gasteiger partial charge in [-0.2, -0.15) is 0 Å². The summed E-state index contributed by atoms with van der Waals surface area (Å²) in [5.41, 5.74) is 3.58. The maximum Gasteiger partial charge on any atom is 0.283 e. The van der Waals surface area contributed by atoms with Crippen LogP contribution in [0.25, 0.3) is 0 Å². The summed E-state index contributed by atoms with van der Waals surface area (Å²) >= 11 is 0. The van der Waals surface area contributed by atoms with Crippen molar-refractivity contribution in [2.75, 3.05) is 5.32 Å². The van der Waals surface area contributed by atoms with Crippen LogP contribution >= 0.6 is 0 Å². The quantitative estimate of drug-likeness (QED) is 0.295. The van der Waals surface area contributed by atoms with Crippen molar-refractivity contribution < 1.29 is 13.6 Å². The average molecular weight is 318 g/mol. The number of hydrogen-bond donors (Lipinski definition) is 4. The molecule has 0 aliphatic rings. The van der Waals surface area contributed by atoms with Crippen LogP contribution in [0.1, 0.15) is 16.7 Å². The predicted molar refractivity (Wildman–Crippen MR) is 84.0 cm³/mol. The highest BCUT2D eigenvalue weighted by Crippen LogP contribution is 2.20. The lowest BCUT2D eigenvalue weighted by atomic mass is 10.0. The molecule has 0 radical (unpaired) electrons. The van der Waals surface area contributed by atoms with Crippen molar-refractivity contribution in [1.29, 1.82) is 5.41 Å². The Morgan fingerprint density at radius 3 is 2.61 bits per heavy atom. The predicted octanol–water partition coefficient (Wildman–Crippen LogP) is 2.24. The Morgan fingerprint density at radius 1 is 1.22 bits per heavy atom. The molecule has 0 saturated heterocycles. The topological polar surface area (TPSA) is 91.0 Å². The first kappa shape index (κ1) is 16.6. The van der Waals surface area contributed by atoms with Crippen molar-refractivity contribution in [2.45, 2.75) is 13.5 Å². The standard InChI is InChI=1S/C16H16F2N4O/c1-9-2-5-12(15(19)16(23)22-20)14(6-9)21-8-10-3-4-11(17)7-13(10)18/h2-7,19,21H,8,20H2,1H3,(H,22,23). The molecule has 23 heavy (non-hydrogen) atoms. The molecule has 0 atom stereocenters. The highest BCUT2D eigenvalue weighted by Gasteiger charge is 2.15. The highest BCUT2D eigenvalue weighted by atomic mass is 19.1. The van der Waals surface area contributed by atoms with Crippen LogP contribution in [0, 0.1) is 24.0 Å². The fourth-order valence-electron chi connectivity index (χ4n) is 2.07. The maximum atomic E-state index is 13.7. The second kappa shape index (κ2) is 6.97. The molecule has 0 unspecified atom stereocenters. The minimum atomic E-state index is -0.732. The number of aryl methyl sites for hydroxylation is 1. The molecule has 0 fully saturated rings. The molecule has 7 heteroatoms. The summed E-state index contributed by atoms with van der Waals surface area (Å²) in [7, 11) is 0. The monoisotopic (exact) mass is 318 g/mol. The van der Waals surface area contributed by atoms with Crippen LogP contribution in [-0.4, -0.2) is 11.6 Å². The Balaban J connectivity index is 2.26. The molecule has 0 saturated carbocycles. The summed E-state index contributed by atoms with van der Waals surface area (Å²) in [5.74, 6) is 3.00. The van der Waals surface area contributed by atoms with Crippen molar-refractivity contribution in [2.24, 2.45) is 5.84 Å². The van der Waals surface area contributed by atoms with Gasteiger partial charge in [0.25, 0.3) is 5.91 Å². The van der Waals surface area contributed by atoms with E-state index in [-0.39, 0.29) is 17.8 Å². The van der Waals surface area contributed by atoms with Crippen LogP contribution in [0.15, 0.2) is 36.4 Å². The van der Waals surface area contributed by atoms with Gasteiger partial charge in [-0.25, -0.2) is 14.6 Å². The number of anilines is 1. The van der Waals surface area contributed by atoms with Gasteiger partial charge in [0.05, 0.1) is 0 Å². The Bertz CT molecular complexity index is 762. The molecule has 2 aromatic carbocycles. The third-order valence-electron chi connectivity index (χ3n) is 3.29. The fourth-order valence-corrected chi connectivity index (χ4v) is 2.07. The highest BCUT2D eigenvalue weighted by molar-refractivity contribution is 6.45. The zero-order chi connectivity index (χ0) is 17.0. The summed E-state index contributed by atoms with van der Waals surface area (Å²) in [6.45, 7) is 1.93. The molecule has 120 valence electrons. The third kappa shape index (κ3) is 3.89. The molecule has 5 N–H and O–H groups in total. The fraction of sp³-hybridized carbons (Fsp3) is 0.125. The number of carbonyl (C=O) groups is 1. The lowest BCUT2D eigenvalue weighted by Gasteiger charge is -2.14. The van der Waals surface area contributed by atoms with E-state index < -0.39 is 17.5 Å². The molecular weight excluding hydrogens is 302 g/mol. The number of nitrogens with two attached hydrogens (primary N) is 1.